The van der Waals surface area contributed by atoms with Gasteiger partial charge in [0.1, 0.15) is 24.7 Å². The number of carboxylic acid groups (broad SMARTS) is 1. The summed E-state index contributed by atoms with van der Waals surface area (Å²) in [6, 6.07) is 22.5. The van der Waals surface area contributed by atoms with Gasteiger partial charge in [-0.2, -0.15) is 0 Å². The molecule has 0 saturated carbocycles. The molecular formula is C40H42O8. The van der Waals surface area contributed by atoms with E-state index >= 15 is 0 Å². The summed E-state index contributed by atoms with van der Waals surface area (Å²) in [5, 5.41) is 9.23. The van der Waals surface area contributed by atoms with Crippen LogP contribution in [0.25, 0.3) is 0 Å². The zero-order chi connectivity index (χ0) is 34.4. The molecule has 0 saturated heterocycles. The van der Waals surface area contributed by atoms with E-state index in [1.54, 1.807) is 26.0 Å². The maximum Gasteiger partial charge on any atom is 0.335 e. The van der Waals surface area contributed by atoms with Crippen molar-refractivity contribution in [1.29, 1.82) is 0 Å². The van der Waals surface area contributed by atoms with Crippen LogP contribution < -0.4 is 9.47 Å². The molecule has 2 unspecified atom stereocenters. The van der Waals surface area contributed by atoms with Crippen LogP contribution in [0.1, 0.15) is 43.0 Å². The number of esters is 1. The van der Waals surface area contributed by atoms with Crippen LogP contribution in [0.5, 0.6) is 11.5 Å². The number of hydrogen-bond donors (Lipinski definition) is 1. The monoisotopic (exact) mass is 650 g/mol. The Morgan fingerprint density at radius 3 is 1.50 bits per heavy atom. The van der Waals surface area contributed by atoms with Crippen molar-refractivity contribution in [3.8, 4) is 35.2 Å². The van der Waals surface area contributed by atoms with Gasteiger partial charge in [-0.15, -0.1) is 0 Å². The fourth-order valence-corrected chi connectivity index (χ4v) is 4.33. The Labute approximate surface area is 283 Å². The molecule has 3 rings (SSSR count). The Kier molecular flexibility index (Phi) is 16.7. The maximum absolute atomic E-state index is 12.1. The van der Waals surface area contributed by atoms with E-state index in [0.717, 1.165) is 28.0 Å². The van der Waals surface area contributed by atoms with Crippen molar-refractivity contribution in [2.75, 3.05) is 33.0 Å². The molecule has 0 fully saturated rings. The molecule has 3 aromatic rings. The number of aliphatic carboxylic acids is 1. The van der Waals surface area contributed by atoms with E-state index in [4.69, 9.17) is 23.7 Å². The largest absolute Gasteiger partial charge is 0.490 e. The first-order valence-corrected chi connectivity index (χ1v) is 15.9. The summed E-state index contributed by atoms with van der Waals surface area (Å²) in [6.45, 7) is 7.25. The number of rotatable bonds is 17. The number of carboxylic acids is 1. The molecule has 1 N–H and O–H groups in total. The maximum atomic E-state index is 12.1. The molecule has 0 aromatic heterocycles. The predicted octanol–water partition coefficient (Wildman–Crippen LogP) is 6.20. The van der Waals surface area contributed by atoms with Gasteiger partial charge in [-0.25, -0.2) is 9.59 Å². The van der Waals surface area contributed by atoms with Gasteiger partial charge in [-0.1, -0.05) is 47.9 Å². The third-order valence-corrected chi connectivity index (χ3v) is 6.66. The van der Waals surface area contributed by atoms with E-state index in [1.807, 2.05) is 91.9 Å². The molecule has 250 valence electrons. The first-order valence-electron chi connectivity index (χ1n) is 15.9. The summed E-state index contributed by atoms with van der Waals surface area (Å²) in [7, 11) is 0. The van der Waals surface area contributed by atoms with Crippen molar-refractivity contribution in [3.05, 3.63) is 119 Å². The highest BCUT2D eigenvalue weighted by atomic mass is 16.6. The molecule has 48 heavy (non-hydrogen) atoms. The Hall–Kier alpha value is -5.28. The predicted molar refractivity (Wildman–Crippen MR) is 185 cm³/mol. The molecule has 0 aliphatic carbocycles. The highest BCUT2D eigenvalue weighted by molar-refractivity contribution is 5.75. The molecule has 3 aromatic carbocycles. The summed E-state index contributed by atoms with van der Waals surface area (Å²) in [6.07, 6.45) is 6.44. The second-order valence-electron chi connectivity index (χ2n) is 10.2. The minimum absolute atomic E-state index is 0.302. The Morgan fingerprint density at radius 2 is 1.08 bits per heavy atom. The average molecular weight is 651 g/mol. The van der Waals surface area contributed by atoms with Gasteiger partial charge in [0.15, 0.2) is 12.2 Å². The van der Waals surface area contributed by atoms with Crippen LogP contribution in [0.3, 0.4) is 0 Å². The lowest BCUT2D eigenvalue weighted by atomic mass is 10.1. The molecule has 0 aliphatic rings. The van der Waals surface area contributed by atoms with Crippen LogP contribution in [0.4, 0.5) is 0 Å². The van der Waals surface area contributed by atoms with E-state index in [1.165, 1.54) is 0 Å². The van der Waals surface area contributed by atoms with E-state index in [-0.39, 0.29) is 5.97 Å². The van der Waals surface area contributed by atoms with Gasteiger partial charge >= 0.3 is 11.9 Å². The zero-order valence-corrected chi connectivity index (χ0v) is 27.6. The first-order chi connectivity index (χ1) is 23.4. The van der Waals surface area contributed by atoms with Crippen LogP contribution in [-0.4, -0.2) is 62.3 Å². The van der Waals surface area contributed by atoms with Crippen molar-refractivity contribution in [2.24, 2.45) is 0 Å². The Morgan fingerprint density at radius 1 is 0.646 bits per heavy atom. The molecule has 8 heteroatoms. The first kappa shape index (κ1) is 37.2. The highest BCUT2D eigenvalue weighted by Crippen LogP contribution is 2.16. The van der Waals surface area contributed by atoms with Crippen LogP contribution in [0, 0.1) is 23.7 Å². The second-order valence-corrected chi connectivity index (χ2v) is 10.2. The molecule has 0 bridgehead atoms. The van der Waals surface area contributed by atoms with Crippen LogP contribution >= 0.6 is 0 Å². The smallest absolute Gasteiger partial charge is 0.335 e. The summed E-state index contributed by atoms with van der Waals surface area (Å²) >= 11 is 0. The third kappa shape index (κ3) is 14.0. The van der Waals surface area contributed by atoms with Gasteiger partial charge in [0.2, 0.25) is 0 Å². The van der Waals surface area contributed by atoms with E-state index < -0.39 is 18.2 Å². The molecule has 0 heterocycles. The molecule has 0 spiro atoms. The SMILES string of the molecule is CCOC(=O)C(Cc1ccc(OC/C=C/C#Cc2ccc(C#C/C=C/COc3ccc(CC(OCC)C(=O)O)cc3)cc2)cc1)OCC. The van der Waals surface area contributed by atoms with Crippen LogP contribution in [0.15, 0.2) is 97.1 Å². The molecule has 0 aliphatic heterocycles. The van der Waals surface area contributed by atoms with Crippen molar-refractivity contribution < 1.29 is 38.4 Å². The topological polar surface area (TPSA) is 101 Å². The van der Waals surface area contributed by atoms with Crippen LogP contribution in [-0.2, 0) is 36.6 Å². The molecule has 2 atom stereocenters. The number of benzene rings is 3. The molecule has 8 nitrogen and oxygen atoms in total. The average Bonchev–Trinajstić information content (AvgIpc) is 3.09. The van der Waals surface area contributed by atoms with Crippen LogP contribution in [0.2, 0.25) is 0 Å². The summed E-state index contributed by atoms with van der Waals surface area (Å²) in [5.74, 6) is 12.3. The number of allylic oxidation sites excluding steroid dienone is 2. The summed E-state index contributed by atoms with van der Waals surface area (Å²) in [4.78, 5) is 23.3. The minimum atomic E-state index is -0.970. The number of carbonyl (C=O) groups excluding carboxylic acids is 1. The normalized spacial score (nSPS) is 12.0. The second kappa shape index (κ2) is 21.5. The van der Waals surface area contributed by atoms with Crippen molar-refractivity contribution >= 4 is 11.9 Å². The summed E-state index contributed by atoms with van der Waals surface area (Å²) < 4.78 is 27.3. The van der Waals surface area contributed by atoms with Crippen molar-refractivity contribution in [3.63, 3.8) is 0 Å². The van der Waals surface area contributed by atoms with E-state index in [0.29, 0.717) is 51.6 Å². The quantitative estimate of drug-likeness (QED) is 0.136. The lowest BCUT2D eigenvalue weighted by molar-refractivity contribution is -0.156. The Balaban J connectivity index is 1.36. The minimum Gasteiger partial charge on any atom is -0.490 e. The van der Waals surface area contributed by atoms with Gasteiger partial charge in [0, 0.05) is 37.2 Å². The highest BCUT2D eigenvalue weighted by Gasteiger charge is 2.20. The van der Waals surface area contributed by atoms with E-state index in [2.05, 4.69) is 23.7 Å². The molecule has 0 amide bonds. The molecular weight excluding hydrogens is 608 g/mol. The Bertz CT molecular complexity index is 1600. The summed E-state index contributed by atoms with van der Waals surface area (Å²) in [5.41, 5.74) is 3.58. The standard InChI is InChI=1S/C40H42O8/c1-4-44-37(39(41)42)29-33-19-23-35(24-20-33)47-27-11-7-9-13-31-15-17-32(18-16-31)14-10-8-12-28-48-36-25-21-34(22-26-36)30-38(45-5-2)40(43)46-6-3/h7-8,11-12,15-26,37-38H,4-6,27-30H2,1-3H3,(H,41,42)/b11-7+,12-8+. The number of ether oxygens (including phenoxy) is 5. The van der Waals surface area contributed by atoms with Crippen molar-refractivity contribution in [2.45, 2.75) is 45.8 Å². The van der Waals surface area contributed by atoms with Gasteiger partial charge in [0.25, 0.3) is 0 Å². The third-order valence-electron chi connectivity index (χ3n) is 6.66. The van der Waals surface area contributed by atoms with Gasteiger partial charge in [-0.3, -0.25) is 0 Å². The lowest BCUT2D eigenvalue weighted by Crippen LogP contribution is -2.28. The fraction of sp³-hybridized carbons (Fsp3) is 0.300. The van der Waals surface area contributed by atoms with Gasteiger partial charge < -0.3 is 28.8 Å². The zero-order valence-electron chi connectivity index (χ0n) is 27.6. The fourth-order valence-electron chi connectivity index (χ4n) is 4.33. The number of hydrogen-bond acceptors (Lipinski definition) is 7. The lowest BCUT2D eigenvalue weighted by Gasteiger charge is -2.15. The van der Waals surface area contributed by atoms with Crippen molar-refractivity contribution in [1.82, 2.24) is 0 Å². The van der Waals surface area contributed by atoms with Gasteiger partial charge in [-0.05, 0) is 105 Å². The van der Waals surface area contributed by atoms with Gasteiger partial charge in [0.05, 0.1) is 6.61 Å². The van der Waals surface area contributed by atoms with E-state index in [9.17, 15) is 14.7 Å². The number of carbonyl (C=O) groups is 2. The molecule has 0 radical (unpaired) electrons.